The molecule has 0 saturated carbocycles. The molecule has 0 fully saturated rings. The fourth-order valence-electron chi connectivity index (χ4n) is 1.89. The molecule has 0 unspecified atom stereocenters. The molecule has 0 saturated heterocycles. The van der Waals surface area contributed by atoms with E-state index in [4.69, 9.17) is 4.42 Å². The van der Waals surface area contributed by atoms with E-state index in [2.05, 4.69) is 10.3 Å². The third-order valence-electron chi connectivity index (χ3n) is 2.82. The topological polar surface area (TPSA) is 55.1 Å². The van der Waals surface area contributed by atoms with Crippen molar-refractivity contribution in [3.05, 3.63) is 72.8 Å². The molecule has 0 bridgehead atoms. The van der Waals surface area contributed by atoms with Gasteiger partial charge in [0.15, 0.2) is 0 Å². The van der Waals surface area contributed by atoms with Gasteiger partial charge in [0.1, 0.15) is 11.5 Å². The summed E-state index contributed by atoms with van der Waals surface area (Å²) in [5, 5.41) is 2.82. The molecule has 2 heterocycles. The molecule has 0 aliphatic carbocycles. The molecular weight excluding hydrogens is 252 g/mol. The van der Waals surface area contributed by atoms with Crippen molar-refractivity contribution in [3.63, 3.8) is 0 Å². The summed E-state index contributed by atoms with van der Waals surface area (Å²) in [5.74, 6) is 0.529. The number of rotatable bonds is 3. The van der Waals surface area contributed by atoms with Gasteiger partial charge in [-0.25, -0.2) is 0 Å². The van der Waals surface area contributed by atoms with E-state index in [9.17, 15) is 4.79 Å². The van der Waals surface area contributed by atoms with Crippen LogP contribution in [0.15, 0.2) is 71.5 Å². The van der Waals surface area contributed by atoms with Crippen LogP contribution in [0.1, 0.15) is 10.5 Å². The quantitative estimate of drug-likeness (QED) is 0.786. The lowest BCUT2D eigenvalue weighted by Gasteiger charge is -2.06. The molecule has 1 N–H and O–H groups in total. The fraction of sp³-hybridized carbons (Fsp3) is 0. The number of furan rings is 1. The lowest BCUT2D eigenvalue weighted by molar-refractivity contribution is 0.102. The number of benzene rings is 1. The number of hydrogen-bond acceptors (Lipinski definition) is 3. The van der Waals surface area contributed by atoms with Gasteiger partial charge in [-0.3, -0.25) is 9.78 Å². The molecule has 3 aromatic rings. The summed E-state index contributed by atoms with van der Waals surface area (Å²) in [4.78, 5) is 16.0. The number of amides is 1. The van der Waals surface area contributed by atoms with Gasteiger partial charge in [-0.2, -0.15) is 0 Å². The molecule has 0 aliphatic rings. The summed E-state index contributed by atoms with van der Waals surface area (Å²) < 4.78 is 5.34. The van der Waals surface area contributed by atoms with E-state index in [1.165, 1.54) is 0 Å². The van der Waals surface area contributed by atoms with Crippen molar-refractivity contribution >= 4 is 11.6 Å². The first-order valence-electron chi connectivity index (χ1n) is 6.19. The molecule has 98 valence electrons. The van der Waals surface area contributed by atoms with Crippen molar-refractivity contribution in [1.82, 2.24) is 4.98 Å². The minimum atomic E-state index is -0.234. The van der Waals surface area contributed by atoms with Crippen LogP contribution in [-0.2, 0) is 0 Å². The van der Waals surface area contributed by atoms with Gasteiger partial charge >= 0.3 is 0 Å². The molecule has 4 heteroatoms. The van der Waals surface area contributed by atoms with Crippen molar-refractivity contribution in [3.8, 4) is 11.3 Å². The van der Waals surface area contributed by atoms with E-state index in [0.717, 1.165) is 11.3 Å². The van der Waals surface area contributed by atoms with Crippen LogP contribution in [0.2, 0.25) is 0 Å². The maximum atomic E-state index is 12.0. The monoisotopic (exact) mass is 264 g/mol. The predicted molar refractivity (Wildman–Crippen MR) is 76.3 cm³/mol. The Bertz CT molecular complexity index is 706. The summed E-state index contributed by atoms with van der Waals surface area (Å²) in [5.41, 5.74) is 2.00. The van der Waals surface area contributed by atoms with Crippen LogP contribution in [0.3, 0.4) is 0 Å². The average molecular weight is 264 g/mol. The molecule has 1 amide bonds. The Labute approximate surface area is 116 Å². The Morgan fingerprint density at radius 2 is 2.00 bits per heavy atom. The molecule has 2 aromatic heterocycles. The van der Waals surface area contributed by atoms with E-state index in [1.54, 1.807) is 30.7 Å². The van der Waals surface area contributed by atoms with Crippen LogP contribution in [0, 0.1) is 0 Å². The molecule has 20 heavy (non-hydrogen) atoms. The summed E-state index contributed by atoms with van der Waals surface area (Å²) in [6.45, 7) is 0. The molecule has 0 aliphatic heterocycles. The highest BCUT2D eigenvalue weighted by molar-refractivity contribution is 6.03. The number of nitrogens with one attached hydrogen (secondary N) is 1. The number of pyridine rings is 1. The first-order valence-corrected chi connectivity index (χ1v) is 6.19. The van der Waals surface area contributed by atoms with E-state index in [0.29, 0.717) is 11.4 Å². The normalized spacial score (nSPS) is 10.2. The van der Waals surface area contributed by atoms with E-state index in [1.807, 2.05) is 36.4 Å². The van der Waals surface area contributed by atoms with Crippen LogP contribution < -0.4 is 5.32 Å². The van der Waals surface area contributed by atoms with Gasteiger partial charge in [0.25, 0.3) is 5.91 Å². The predicted octanol–water partition coefficient (Wildman–Crippen LogP) is 3.59. The lowest BCUT2D eigenvalue weighted by atomic mass is 10.1. The van der Waals surface area contributed by atoms with Crippen LogP contribution in [0.5, 0.6) is 0 Å². The van der Waals surface area contributed by atoms with Crippen molar-refractivity contribution in [1.29, 1.82) is 0 Å². The SMILES string of the molecule is O=C(Nc1cccc(-c2ccco2)c1)c1ccccn1. The zero-order valence-corrected chi connectivity index (χ0v) is 10.6. The number of carbonyl (C=O) groups is 1. The van der Waals surface area contributed by atoms with Crippen molar-refractivity contribution in [2.24, 2.45) is 0 Å². The molecule has 1 aromatic carbocycles. The smallest absolute Gasteiger partial charge is 0.274 e. The third-order valence-corrected chi connectivity index (χ3v) is 2.82. The highest BCUT2D eigenvalue weighted by atomic mass is 16.3. The maximum Gasteiger partial charge on any atom is 0.274 e. The zero-order chi connectivity index (χ0) is 13.8. The van der Waals surface area contributed by atoms with E-state index in [-0.39, 0.29) is 5.91 Å². The van der Waals surface area contributed by atoms with Crippen LogP contribution in [-0.4, -0.2) is 10.9 Å². The molecule has 0 atom stereocenters. The number of aromatic nitrogens is 1. The third kappa shape index (κ3) is 2.59. The number of nitrogens with zero attached hydrogens (tertiary/aromatic N) is 1. The van der Waals surface area contributed by atoms with Gasteiger partial charge in [0, 0.05) is 17.4 Å². The van der Waals surface area contributed by atoms with Gasteiger partial charge in [0.05, 0.1) is 6.26 Å². The molecule has 4 nitrogen and oxygen atoms in total. The van der Waals surface area contributed by atoms with Gasteiger partial charge in [-0.05, 0) is 36.4 Å². The van der Waals surface area contributed by atoms with Gasteiger partial charge in [-0.15, -0.1) is 0 Å². The van der Waals surface area contributed by atoms with Crippen LogP contribution in [0.4, 0.5) is 5.69 Å². The van der Waals surface area contributed by atoms with Crippen molar-refractivity contribution < 1.29 is 9.21 Å². The lowest BCUT2D eigenvalue weighted by Crippen LogP contribution is -2.13. The average Bonchev–Trinajstić information content (AvgIpc) is 3.03. The largest absolute Gasteiger partial charge is 0.464 e. The molecule has 0 spiro atoms. The molecular formula is C16H12N2O2. The highest BCUT2D eigenvalue weighted by Gasteiger charge is 2.08. The second-order valence-corrected chi connectivity index (χ2v) is 4.23. The minimum absolute atomic E-state index is 0.234. The first kappa shape index (κ1) is 12.2. The maximum absolute atomic E-state index is 12.0. The van der Waals surface area contributed by atoms with Crippen LogP contribution >= 0.6 is 0 Å². The molecule has 0 radical (unpaired) electrons. The highest BCUT2D eigenvalue weighted by Crippen LogP contribution is 2.23. The Hall–Kier alpha value is -2.88. The van der Waals surface area contributed by atoms with Gasteiger partial charge in [0.2, 0.25) is 0 Å². The van der Waals surface area contributed by atoms with Crippen molar-refractivity contribution in [2.75, 3.05) is 5.32 Å². The zero-order valence-electron chi connectivity index (χ0n) is 10.6. The standard InChI is InChI=1S/C16H12N2O2/c19-16(14-7-1-2-9-17-14)18-13-6-3-5-12(11-13)15-8-4-10-20-15/h1-11H,(H,18,19). The Morgan fingerprint density at radius 1 is 1.05 bits per heavy atom. The van der Waals surface area contributed by atoms with Gasteiger partial charge < -0.3 is 9.73 Å². The van der Waals surface area contributed by atoms with E-state index >= 15 is 0 Å². The first-order chi connectivity index (χ1) is 9.83. The molecule has 3 rings (SSSR count). The second kappa shape index (κ2) is 5.40. The second-order valence-electron chi connectivity index (χ2n) is 4.23. The summed E-state index contributed by atoms with van der Waals surface area (Å²) in [6.07, 6.45) is 3.21. The van der Waals surface area contributed by atoms with Crippen LogP contribution in [0.25, 0.3) is 11.3 Å². The number of carbonyl (C=O) groups excluding carboxylic acids is 1. The van der Waals surface area contributed by atoms with Gasteiger partial charge in [-0.1, -0.05) is 18.2 Å². The van der Waals surface area contributed by atoms with E-state index < -0.39 is 0 Å². The fourth-order valence-corrected chi connectivity index (χ4v) is 1.89. The number of anilines is 1. The summed E-state index contributed by atoms with van der Waals surface area (Å²) in [6, 6.07) is 16.4. The Morgan fingerprint density at radius 3 is 2.75 bits per heavy atom. The summed E-state index contributed by atoms with van der Waals surface area (Å²) in [7, 11) is 0. The van der Waals surface area contributed by atoms with Crippen molar-refractivity contribution in [2.45, 2.75) is 0 Å². The Balaban J connectivity index is 1.82. The Kier molecular flexibility index (Phi) is 3.29. The summed E-state index contributed by atoms with van der Waals surface area (Å²) >= 11 is 0. The number of hydrogen-bond donors (Lipinski definition) is 1. The minimum Gasteiger partial charge on any atom is -0.464 e.